The molecule has 0 radical (unpaired) electrons. The molecule has 2 nitrogen and oxygen atoms in total. The van der Waals surface area contributed by atoms with Gasteiger partial charge in [-0.1, -0.05) is 0 Å². The van der Waals surface area contributed by atoms with Crippen molar-refractivity contribution in [1.82, 2.24) is 0 Å². The van der Waals surface area contributed by atoms with Gasteiger partial charge in [0.2, 0.25) is 0 Å². The van der Waals surface area contributed by atoms with E-state index in [0.29, 0.717) is 0 Å². The van der Waals surface area contributed by atoms with Crippen LogP contribution in [0.5, 0.6) is 0 Å². The van der Waals surface area contributed by atoms with Gasteiger partial charge in [0.25, 0.3) is 0 Å². The molecule has 0 N–H and O–H groups in total. The van der Waals surface area contributed by atoms with Crippen LogP contribution < -0.4 is 0 Å². The maximum absolute atomic E-state index is 9.73. The second-order valence-electron chi connectivity index (χ2n) is 1.16. The van der Waals surface area contributed by atoms with Crippen molar-refractivity contribution >= 4 is 15.8 Å². The fraction of sp³-hybridized carbons (Fsp3) is 0.500. The molecule has 0 spiro atoms. The second-order valence-corrected chi connectivity index (χ2v) is 2.04. The summed E-state index contributed by atoms with van der Waals surface area (Å²) in [7, 11) is -0.314. The zero-order valence-electron chi connectivity index (χ0n) is 4.29. The molecule has 0 aliphatic carbocycles. The van der Waals surface area contributed by atoms with Gasteiger partial charge in [-0.05, 0) is 0 Å². The summed E-state index contributed by atoms with van der Waals surface area (Å²) in [6, 6.07) is 0. The van der Waals surface area contributed by atoms with Crippen LogP contribution in [0.4, 0.5) is 0 Å². The summed E-state index contributed by atoms with van der Waals surface area (Å²) in [6.45, 7) is 1.70. The number of hydrogen-bond acceptors (Lipinski definition) is 2. The van der Waals surface area contributed by atoms with Crippen molar-refractivity contribution in [2.24, 2.45) is 5.92 Å². The van der Waals surface area contributed by atoms with E-state index in [-0.39, 0.29) is 21.7 Å². The van der Waals surface area contributed by atoms with Crippen molar-refractivity contribution < 1.29 is 9.13 Å². The molecule has 0 aliphatic rings. The normalized spacial score (nSPS) is 10.6. The molecular formula is C4H4O2P2. The van der Waals surface area contributed by atoms with Gasteiger partial charge in [-0.2, -0.15) is 0 Å². The van der Waals surface area contributed by atoms with Crippen molar-refractivity contribution in [2.75, 3.05) is 0 Å². The zero-order valence-corrected chi connectivity index (χ0v) is 6.08. The van der Waals surface area contributed by atoms with Gasteiger partial charge in [0.05, 0.1) is 0 Å². The molecule has 8 heavy (non-hydrogen) atoms. The van der Waals surface area contributed by atoms with Gasteiger partial charge in [0.15, 0.2) is 0 Å². The van der Waals surface area contributed by atoms with E-state index < -0.39 is 0 Å². The average Bonchev–Trinajstić information content (AvgIpc) is 1.68. The predicted octanol–water partition coefficient (Wildman–Crippen LogP) is 2.12. The molecule has 0 amide bonds. The van der Waals surface area contributed by atoms with E-state index in [1.54, 1.807) is 6.92 Å². The monoisotopic (exact) mass is 146 g/mol. The number of hydrogen-bond donors (Lipinski definition) is 0. The summed E-state index contributed by atoms with van der Waals surface area (Å²) in [4.78, 5) is 0. The van der Waals surface area contributed by atoms with Gasteiger partial charge in [0, 0.05) is 0 Å². The summed E-state index contributed by atoms with van der Waals surface area (Å²) in [5, 5.41) is 0. The first-order valence-corrected chi connectivity index (χ1v) is 3.59. The Morgan fingerprint density at radius 3 is 1.88 bits per heavy atom. The third-order valence-corrected chi connectivity index (χ3v) is 1.48. The van der Waals surface area contributed by atoms with E-state index in [2.05, 4.69) is 11.3 Å². The van der Waals surface area contributed by atoms with E-state index in [4.69, 9.17) is 0 Å². The van der Waals surface area contributed by atoms with Gasteiger partial charge in [-0.3, -0.25) is 0 Å². The van der Waals surface area contributed by atoms with Crippen LogP contribution in [0.15, 0.2) is 0 Å². The molecule has 0 fully saturated rings. The predicted molar refractivity (Wildman–Crippen MR) is 32.2 cm³/mol. The van der Waals surface area contributed by atoms with Crippen LogP contribution in [-0.2, 0) is 9.13 Å². The minimum absolute atomic E-state index is 0.157. The average molecular weight is 146 g/mol. The first kappa shape index (κ1) is 8.02. The Hall–Kier alpha value is 0.0200. The Kier molecular flexibility index (Phi) is 5.18. The quantitative estimate of drug-likeness (QED) is 0.490. The molecule has 0 heterocycles. The Labute approximate surface area is 49.9 Å². The van der Waals surface area contributed by atoms with Gasteiger partial charge in [-0.15, -0.1) is 0 Å². The summed E-state index contributed by atoms with van der Waals surface area (Å²) in [5.41, 5.74) is 4.89. The van der Waals surface area contributed by atoms with Crippen LogP contribution in [0, 0.1) is 17.2 Å². The van der Waals surface area contributed by atoms with Crippen LogP contribution in [0.3, 0.4) is 0 Å². The molecule has 0 saturated carbocycles. The van der Waals surface area contributed by atoms with E-state index in [9.17, 15) is 9.13 Å². The van der Waals surface area contributed by atoms with Crippen LogP contribution in [0.2, 0.25) is 0 Å². The van der Waals surface area contributed by atoms with Gasteiger partial charge in [0.1, 0.15) is 0 Å². The molecule has 42 valence electrons. The van der Waals surface area contributed by atoms with Crippen molar-refractivity contribution in [3.63, 3.8) is 0 Å². The van der Waals surface area contributed by atoms with Gasteiger partial charge >= 0.3 is 49.1 Å². The van der Waals surface area contributed by atoms with Crippen LogP contribution in [0.25, 0.3) is 0 Å². The molecule has 4 heteroatoms. The van der Waals surface area contributed by atoms with Crippen LogP contribution in [0.1, 0.15) is 6.92 Å². The second kappa shape index (κ2) is 5.16. The Morgan fingerprint density at radius 2 is 1.62 bits per heavy atom. The molecule has 0 aromatic carbocycles. The Bertz CT molecular complexity index is 216. The van der Waals surface area contributed by atoms with Crippen molar-refractivity contribution in [3.8, 4) is 11.3 Å². The Balaban J connectivity index is 4.11. The van der Waals surface area contributed by atoms with E-state index >= 15 is 0 Å². The van der Waals surface area contributed by atoms with Crippen LogP contribution >= 0.6 is 15.8 Å². The maximum atomic E-state index is 9.73. The topological polar surface area (TPSA) is 34.1 Å². The van der Waals surface area contributed by atoms with Crippen molar-refractivity contribution in [1.29, 1.82) is 0 Å². The van der Waals surface area contributed by atoms with Crippen molar-refractivity contribution in [3.05, 3.63) is 0 Å². The third-order valence-electron chi connectivity index (χ3n) is 0.493. The molecule has 0 rings (SSSR count). The first-order chi connectivity index (χ1) is 3.81. The molecule has 0 aromatic rings. The van der Waals surface area contributed by atoms with E-state index in [0.717, 1.165) is 0 Å². The Morgan fingerprint density at radius 1 is 1.25 bits per heavy atom. The molecule has 0 bridgehead atoms. The molecule has 0 aliphatic heterocycles. The molecule has 0 unspecified atom stereocenters. The zero-order chi connectivity index (χ0) is 6.41. The number of rotatable bonds is 0. The van der Waals surface area contributed by atoms with E-state index in [1.165, 1.54) is 0 Å². The third kappa shape index (κ3) is 4.19. The summed E-state index contributed by atoms with van der Waals surface area (Å²) in [5.74, 6) is -0.187. The standard InChI is InChI=1S/C4H4O2P2/c1-4(2-7-5)3-8-6/h4H,1H3. The van der Waals surface area contributed by atoms with Gasteiger partial charge < -0.3 is 0 Å². The minimum atomic E-state index is -0.187. The SMILES string of the molecule is CC(C#P=O)C#P=O. The fourth-order valence-electron chi connectivity index (χ4n) is 0.187. The molecule has 0 atom stereocenters. The van der Waals surface area contributed by atoms with Crippen LogP contribution in [-0.4, -0.2) is 0 Å². The molecule has 0 aromatic heterocycles. The summed E-state index contributed by atoms with van der Waals surface area (Å²) in [6.07, 6.45) is 0. The first-order valence-electron chi connectivity index (χ1n) is 1.97. The molecule has 0 saturated heterocycles. The summed E-state index contributed by atoms with van der Waals surface area (Å²) < 4.78 is 19.5. The van der Waals surface area contributed by atoms with Gasteiger partial charge in [-0.25, -0.2) is 0 Å². The van der Waals surface area contributed by atoms with Crippen molar-refractivity contribution in [2.45, 2.75) is 6.92 Å². The fourth-order valence-corrected chi connectivity index (χ4v) is 0.734. The molecular weight excluding hydrogens is 142 g/mol. The summed E-state index contributed by atoms with van der Waals surface area (Å²) >= 11 is 0. The van der Waals surface area contributed by atoms with E-state index in [1.807, 2.05) is 0 Å².